The van der Waals surface area contributed by atoms with Gasteiger partial charge in [-0.25, -0.2) is 9.50 Å². The van der Waals surface area contributed by atoms with Crippen molar-refractivity contribution in [1.29, 1.82) is 0 Å². The van der Waals surface area contributed by atoms with Gasteiger partial charge < -0.3 is 9.64 Å². The fraction of sp³-hybridized carbons (Fsp3) is 0.407. The maximum absolute atomic E-state index is 14.3. The van der Waals surface area contributed by atoms with E-state index in [0.717, 1.165) is 10.2 Å². The fourth-order valence-electron chi connectivity index (χ4n) is 5.22. The van der Waals surface area contributed by atoms with Crippen LogP contribution in [0.3, 0.4) is 0 Å². The molecule has 4 aromatic rings. The highest BCUT2D eigenvalue weighted by molar-refractivity contribution is 6.00. The number of piperazine rings is 1. The van der Waals surface area contributed by atoms with Crippen molar-refractivity contribution in [3.05, 3.63) is 65.2 Å². The van der Waals surface area contributed by atoms with Gasteiger partial charge in [0, 0.05) is 50.0 Å². The van der Waals surface area contributed by atoms with E-state index in [4.69, 9.17) is 4.74 Å². The van der Waals surface area contributed by atoms with Crippen molar-refractivity contribution in [3.8, 4) is 17.0 Å². The number of rotatable bonds is 5. The lowest BCUT2D eigenvalue weighted by Gasteiger charge is -2.42. The summed E-state index contributed by atoms with van der Waals surface area (Å²) in [4.78, 5) is 22.2. The molecule has 0 aliphatic carbocycles. The van der Waals surface area contributed by atoms with Crippen molar-refractivity contribution in [2.75, 3.05) is 26.7 Å². The molecule has 1 saturated heterocycles. The zero-order chi connectivity index (χ0) is 28.1. The van der Waals surface area contributed by atoms with Crippen molar-refractivity contribution in [2.24, 2.45) is 7.05 Å². The molecule has 9 nitrogen and oxygen atoms in total. The van der Waals surface area contributed by atoms with Gasteiger partial charge in [0.2, 0.25) is 0 Å². The maximum Gasteiger partial charge on any atom is 0.433 e. The first kappa shape index (κ1) is 26.7. The highest BCUT2D eigenvalue weighted by Crippen LogP contribution is 2.37. The molecule has 12 heteroatoms. The van der Waals surface area contributed by atoms with Crippen LogP contribution < -0.4 is 4.74 Å². The molecular weight excluding hydrogens is 511 g/mol. The Kier molecular flexibility index (Phi) is 6.83. The number of methoxy groups -OCH3 is 1. The van der Waals surface area contributed by atoms with Crippen molar-refractivity contribution in [1.82, 2.24) is 34.2 Å². The second-order valence-corrected chi connectivity index (χ2v) is 9.89. The molecular formula is C27H30F3N7O2. The van der Waals surface area contributed by atoms with Crippen LogP contribution in [0.2, 0.25) is 0 Å². The number of alkyl halides is 3. The number of aryl methyl sites for hydroxylation is 1. The number of ether oxygens (including phenoxy) is 1. The largest absolute Gasteiger partial charge is 0.497 e. The van der Waals surface area contributed by atoms with Crippen LogP contribution in [0, 0.1) is 6.92 Å². The summed E-state index contributed by atoms with van der Waals surface area (Å²) < 4.78 is 50.5. The number of benzene rings is 1. The third-order valence-corrected chi connectivity index (χ3v) is 7.38. The second-order valence-electron chi connectivity index (χ2n) is 9.89. The Balaban J connectivity index is 1.49. The Morgan fingerprint density at radius 3 is 2.46 bits per heavy atom. The molecule has 206 valence electrons. The van der Waals surface area contributed by atoms with Crippen LogP contribution in [-0.2, 0) is 13.2 Å². The van der Waals surface area contributed by atoms with Gasteiger partial charge in [-0.2, -0.15) is 23.4 Å². The molecule has 1 aliphatic rings. The Morgan fingerprint density at radius 2 is 1.87 bits per heavy atom. The van der Waals surface area contributed by atoms with Gasteiger partial charge in [0.25, 0.3) is 5.91 Å². The lowest BCUT2D eigenvalue weighted by molar-refractivity contribution is -0.143. The molecule has 0 spiro atoms. The molecule has 4 heterocycles. The summed E-state index contributed by atoms with van der Waals surface area (Å²) in [6.45, 7) is 6.98. The van der Waals surface area contributed by atoms with E-state index in [9.17, 15) is 18.0 Å². The zero-order valence-corrected chi connectivity index (χ0v) is 22.4. The van der Waals surface area contributed by atoms with E-state index in [1.165, 1.54) is 20.2 Å². The minimum atomic E-state index is -4.71. The first-order valence-corrected chi connectivity index (χ1v) is 12.6. The van der Waals surface area contributed by atoms with Crippen LogP contribution in [0.15, 0.2) is 42.7 Å². The lowest BCUT2D eigenvalue weighted by atomic mass is 10.0. The second kappa shape index (κ2) is 9.99. The SMILES string of the molecule is COc1ccc(-c2nc3c(C(=O)N4CCN([C@@H](C)c5ccn(C)n5)C[C@H]4C)cnn3c(C(F)(F)F)c2C)cc1. The summed E-state index contributed by atoms with van der Waals surface area (Å²) in [5.74, 6) is 0.173. The van der Waals surface area contributed by atoms with Crippen LogP contribution in [0.5, 0.6) is 5.75 Å². The molecule has 0 saturated carbocycles. The van der Waals surface area contributed by atoms with Crippen LogP contribution in [0.4, 0.5) is 13.2 Å². The molecule has 1 aliphatic heterocycles. The van der Waals surface area contributed by atoms with E-state index in [1.807, 2.05) is 26.2 Å². The van der Waals surface area contributed by atoms with E-state index in [-0.39, 0.29) is 34.6 Å². The van der Waals surface area contributed by atoms with Crippen molar-refractivity contribution < 1.29 is 22.7 Å². The third kappa shape index (κ3) is 4.84. The summed E-state index contributed by atoms with van der Waals surface area (Å²) in [6.07, 6.45) is -1.63. The highest BCUT2D eigenvalue weighted by Gasteiger charge is 2.39. The first-order valence-electron chi connectivity index (χ1n) is 12.6. The molecule has 39 heavy (non-hydrogen) atoms. The van der Waals surface area contributed by atoms with Gasteiger partial charge in [0.1, 0.15) is 11.3 Å². The summed E-state index contributed by atoms with van der Waals surface area (Å²) in [7, 11) is 3.38. The van der Waals surface area contributed by atoms with Crippen LogP contribution >= 0.6 is 0 Å². The van der Waals surface area contributed by atoms with Crippen LogP contribution in [-0.4, -0.2) is 72.9 Å². The van der Waals surface area contributed by atoms with Crippen molar-refractivity contribution in [3.63, 3.8) is 0 Å². The molecule has 2 atom stereocenters. The van der Waals surface area contributed by atoms with Crippen molar-refractivity contribution >= 4 is 11.6 Å². The van der Waals surface area contributed by atoms with Gasteiger partial charge in [0.15, 0.2) is 11.3 Å². The minimum absolute atomic E-state index is 0.0355. The number of hydrogen-bond acceptors (Lipinski definition) is 6. The van der Waals surface area contributed by atoms with E-state index in [2.05, 4.69) is 27.0 Å². The Labute approximate surface area is 223 Å². The normalized spacial score (nSPS) is 17.5. The maximum atomic E-state index is 14.3. The number of aromatic nitrogens is 5. The van der Waals surface area contributed by atoms with E-state index in [1.54, 1.807) is 33.8 Å². The number of halogens is 3. The molecule has 3 aromatic heterocycles. The summed E-state index contributed by atoms with van der Waals surface area (Å²) in [6, 6.07) is 8.46. The lowest BCUT2D eigenvalue weighted by Crippen LogP contribution is -2.54. The van der Waals surface area contributed by atoms with E-state index >= 15 is 0 Å². The number of hydrogen-bond donors (Lipinski definition) is 0. The Hall–Kier alpha value is -3.93. The predicted octanol–water partition coefficient (Wildman–Crippen LogP) is 4.37. The molecule has 5 rings (SSSR count). The quantitative estimate of drug-likeness (QED) is 0.373. The molecule has 1 amide bonds. The van der Waals surface area contributed by atoms with Gasteiger partial charge in [-0.1, -0.05) is 0 Å². The third-order valence-electron chi connectivity index (χ3n) is 7.38. The van der Waals surface area contributed by atoms with Crippen LogP contribution in [0.1, 0.15) is 47.2 Å². The zero-order valence-electron chi connectivity index (χ0n) is 22.4. The summed E-state index contributed by atoms with van der Waals surface area (Å²) in [5, 5.41) is 8.47. The van der Waals surface area contributed by atoms with Gasteiger partial charge in [0.05, 0.1) is 30.7 Å². The van der Waals surface area contributed by atoms with Gasteiger partial charge in [-0.15, -0.1) is 0 Å². The minimum Gasteiger partial charge on any atom is -0.497 e. The number of amides is 1. The molecule has 0 N–H and O–H groups in total. The Bertz CT molecular complexity index is 1510. The van der Waals surface area contributed by atoms with E-state index in [0.29, 0.717) is 30.9 Å². The molecule has 0 bridgehead atoms. The number of carbonyl (C=O) groups excluding carboxylic acids is 1. The smallest absolute Gasteiger partial charge is 0.433 e. The first-order chi connectivity index (χ1) is 18.5. The highest BCUT2D eigenvalue weighted by atomic mass is 19.4. The van der Waals surface area contributed by atoms with E-state index < -0.39 is 17.8 Å². The van der Waals surface area contributed by atoms with Crippen LogP contribution in [0.25, 0.3) is 16.9 Å². The summed E-state index contributed by atoms with van der Waals surface area (Å²) in [5.41, 5.74) is 0.429. The number of carbonyl (C=O) groups is 1. The molecule has 1 fully saturated rings. The Morgan fingerprint density at radius 1 is 1.15 bits per heavy atom. The average molecular weight is 542 g/mol. The average Bonchev–Trinajstić information content (AvgIpc) is 3.52. The van der Waals surface area contributed by atoms with Gasteiger partial charge in [-0.05, 0) is 51.1 Å². The number of nitrogens with zero attached hydrogens (tertiary/aromatic N) is 7. The van der Waals surface area contributed by atoms with Crippen molar-refractivity contribution in [2.45, 2.75) is 39.0 Å². The molecule has 1 aromatic carbocycles. The topological polar surface area (TPSA) is 80.8 Å². The number of fused-ring (bicyclic) bond motifs is 1. The molecule has 0 radical (unpaired) electrons. The predicted molar refractivity (Wildman–Crippen MR) is 138 cm³/mol. The standard InChI is InChI=1S/C27H30F3N7O2/c1-16-15-35(18(3)22-10-11-34(4)33-22)12-13-36(16)26(38)21-14-31-37-24(27(28,29)30)17(2)23(32-25(21)37)19-6-8-20(39-5)9-7-19/h6-11,14,16,18H,12-13,15H2,1-5H3/t16-,18+/m1/s1. The summed E-state index contributed by atoms with van der Waals surface area (Å²) >= 11 is 0. The molecule has 0 unspecified atom stereocenters. The van der Waals surface area contributed by atoms with Gasteiger partial charge in [-0.3, -0.25) is 14.4 Å². The monoisotopic (exact) mass is 541 g/mol. The van der Waals surface area contributed by atoms with Gasteiger partial charge >= 0.3 is 6.18 Å². The fourth-order valence-corrected chi connectivity index (χ4v) is 5.22.